The van der Waals surface area contributed by atoms with Gasteiger partial charge in [-0.1, -0.05) is 44.7 Å². The van der Waals surface area contributed by atoms with Crippen LogP contribution in [0.3, 0.4) is 0 Å². The number of carbonyl (C=O) groups is 1. The predicted octanol–water partition coefficient (Wildman–Crippen LogP) is 3.33. The van der Waals surface area contributed by atoms with Crippen LogP contribution in [0, 0.1) is 0 Å². The second-order valence-corrected chi connectivity index (χ2v) is 3.49. The van der Waals surface area contributed by atoms with Gasteiger partial charge >= 0.3 is 0 Å². The molecule has 0 amide bonds. The summed E-state index contributed by atoms with van der Waals surface area (Å²) in [6.07, 6.45) is 1.35. The first-order chi connectivity index (χ1) is 6.65. The molecule has 1 aromatic rings. The van der Waals surface area contributed by atoms with E-state index in [0.717, 1.165) is 0 Å². The zero-order chi connectivity index (χ0) is 10.6. The van der Waals surface area contributed by atoms with E-state index in [9.17, 15) is 4.79 Å². The molecular formula is C13H14O. The summed E-state index contributed by atoms with van der Waals surface area (Å²) in [5.74, 6) is 0.449. The minimum atomic E-state index is -0.0460. The van der Waals surface area contributed by atoms with Gasteiger partial charge in [0, 0.05) is 11.6 Å². The number of ketones is 1. The lowest BCUT2D eigenvalue weighted by molar-refractivity contribution is 0.104. The summed E-state index contributed by atoms with van der Waals surface area (Å²) in [5.41, 5.74) is 4.40. The smallest absolute Gasteiger partial charge is 0.193 e. The molecule has 1 aromatic carbocycles. The Labute approximate surface area is 84.8 Å². The molecule has 0 N–H and O–H groups in total. The van der Waals surface area contributed by atoms with Gasteiger partial charge in [-0.25, -0.2) is 0 Å². The number of carbonyl (C=O) groups excluding carboxylic acids is 1. The van der Waals surface area contributed by atoms with Crippen molar-refractivity contribution in [1.82, 2.24) is 0 Å². The molecule has 0 bridgehead atoms. The van der Waals surface area contributed by atoms with Gasteiger partial charge in [-0.15, -0.1) is 5.73 Å². The van der Waals surface area contributed by atoms with Crippen LogP contribution in [0.25, 0.3) is 0 Å². The van der Waals surface area contributed by atoms with Crippen molar-refractivity contribution >= 4 is 5.78 Å². The molecule has 0 radical (unpaired) electrons. The van der Waals surface area contributed by atoms with E-state index in [1.165, 1.54) is 11.6 Å². The normalized spacial score (nSPS) is 9.64. The van der Waals surface area contributed by atoms with Crippen LogP contribution in [-0.4, -0.2) is 5.78 Å². The number of rotatable bonds is 3. The highest BCUT2D eigenvalue weighted by molar-refractivity contribution is 6.04. The van der Waals surface area contributed by atoms with Gasteiger partial charge < -0.3 is 0 Å². The first-order valence-corrected chi connectivity index (χ1v) is 4.65. The van der Waals surface area contributed by atoms with E-state index in [-0.39, 0.29) is 5.78 Å². The molecule has 72 valence electrons. The van der Waals surface area contributed by atoms with Gasteiger partial charge in [-0.2, -0.15) is 0 Å². The Kier molecular flexibility index (Phi) is 3.44. The standard InChI is InChI=1S/C13H14O/c1-4-5-13(14)12-8-6-11(7-9-12)10(2)3/h5-10H,1H2,2-3H3. The van der Waals surface area contributed by atoms with Crippen LogP contribution in [0.1, 0.15) is 35.7 Å². The third kappa shape index (κ3) is 2.45. The highest BCUT2D eigenvalue weighted by atomic mass is 16.1. The summed E-state index contributed by atoms with van der Waals surface area (Å²) < 4.78 is 0. The molecule has 0 unspecified atom stereocenters. The number of allylic oxidation sites excluding steroid dienone is 1. The lowest BCUT2D eigenvalue weighted by Gasteiger charge is -2.04. The van der Waals surface area contributed by atoms with Gasteiger partial charge in [0.05, 0.1) is 0 Å². The summed E-state index contributed by atoms with van der Waals surface area (Å²) in [5, 5.41) is 0. The second kappa shape index (κ2) is 4.59. The highest BCUT2D eigenvalue weighted by Gasteiger charge is 2.02. The summed E-state index contributed by atoms with van der Waals surface area (Å²) in [6.45, 7) is 7.62. The Hall–Kier alpha value is -1.59. The largest absolute Gasteiger partial charge is 0.289 e. The van der Waals surface area contributed by atoms with Crippen molar-refractivity contribution in [1.29, 1.82) is 0 Å². The topological polar surface area (TPSA) is 17.1 Å². The Morgan fingerprint density at radius 2 is 1.93 bits per heavy atom. The van der Waals surface area contributed by atoms with Crippen LogP contribution in [0.5, 0.6) is 0 Å². The predicted molar refractivity (Wildman–Crippen MR) is 58.6 cm³/mol. The minimum Gasteiger partial charge on any atom is -0.289 e. The first-order valence-electron chi connectivity index (χ1n) is 4.65. The molecule has 1 heteroatoms. The van der Waals surface area contributed by atoms with Crippen LogP contribution in [0.4, 0.5) is 0 Å². The molecule has 0 aliphatic carbocycles. The molecular weight excluding hydrogens is 172 g/mol. The van der Waals surface area contributed by atoms with Crippen LogP contribution in [-0.2, 0) is 0 Å². The number of benzene rings is 1. The zero-order valence-electron chi connectivity index (χ0n) is 8.58. The lowest BCUT2D eigenvalue weighted by atomic mass is 10.0. The molecule has 0 spiro atoms. The lowest BCUT2D eigenvalue weighted by Crippen LogP contribution is -1.94. The maximum absolute atomic E-state index is 11.4. The summed E-state index contributed by atoms with van der Waals surface area (Å²) in [7, 11) is 0. The summed E-state index contributed by atoms with van der Waals surface area (Å²) >= 11 is 0. The van der Waals surface area contributed by atoms with Gasteiger partial charge in [0.2, 0.25) is 0 Å². The van der Waals surface area contributed by atoms with Crippen molar-refractivity contribution in [2.45, 2.75) is 19.8 Å². The number of hydrogen-bond donors (Lipinski definition) is 0. The second-order valence-electron chi connectivity index (χ2n) is 3.49. The molecule has 0 heterocycles. The van der Waals surface area contributed by atoms with E-state index >= 15 is 0 Å². The average molecular weight is 186 g/mol. The molecule has 0 fully saturated rings. The Balaban J connectivity index is 2.93. The van der Waals surface area contributed by atoms with E-state index in [1.807, 2.05) is 24.3 Å². The summed E-state index contributed by atoms with van der Waals surface area (Å²) in [6, 6.07) is 7.64. The molecule has 14 heavy (non-hydrogen) atoms. The molecule has 0 saturated carbocycles. The molecule has 0 aliphatic rings. The van der Waals surface area contributed by atoms with Crippen molar-refractivity contribution in [3.05, 3.63) is 53.8 Å². The Bertz CT molecular complexity index is 365. The monoisotopic (exact) mass is 186 g/mol. The molecule has 1 nitrogen and oxygen atoms in total. The van der Waals surface area contributed by atoms with Crippen molar-refractivity contribution < 1.29 is 4.79 Å². The minimum absolute atomic E-state index is 0.0460. The maximum Gasteiger partial charge on any atom is 0.193 e. The van der Waals surface area contributed by atoms with E-state index < -0.39 is 0 Å². The fourth-order valence-electron chi connectivity index (χ4n) is 1.21. The van der Waals surface area contributed by atoms with Crippen molar-refractivity contribution in [2.75, 3.05) is 0 Å². The van der Waals surface area contributed by atoms with Crippen LogP contribution >= 0.6 is 0 Å². The molecule has 0 saturated heterocycles. The van der Waals surface area contributed by atoms with Crippen molar-refractivity contribution in [3.8, 4) is 0 Å². The molecule has 0 aromatic heterocycles. The van der Waals surface area contributed by atoms with Gasteiger partial charge in [-0.05, 0) is 11.5 Å². The van der Waals surface area contributed by atoms with E-state index in [2.05, 4.69) is 26.2 Å². The highest BCUT2D eigenvalue weighted by Crippen LogP contribution is 2.14. The van der Waals surface area contributed by atoms with E-state index in [4.69, 9.17) is 0 Å². The molecule has 1 rings (SSSR count). The molecule has 0 aliphatic heterocycles. The molecule has 0 atom stereocenters. The van der Waals surface area contributed by atoms with Crippen LogP contribution < -0.4 is 0 Å². The first kappa shape index (κ1) is 10.5. The van der Waals surface area contributed by atoms with E-state index in [1.54, 1.807) is 0 Å². The number of hydrogen-bond acceptors (Lipinski definition) is 1. The third-order valence-electron chi connectivity index (χ3n) is 2.10. The zero-order valence-corrected chi connectivity index (χ0v) is 8.58. The van der Waals surface area contributed by atoms with Gasteiger partial charge in [0.1, 0.15) is 0 Å². The van der Waals surface area contributed by atoms with E-state index in [0.29, 0.717) is 11.5 Å². The van der Waals surface area contributed by atoms with Gasteiger partial charge in [-0.3, -0.25) is 4.79 Å². The van der Waals surface area contributed by atoms with Gasteiger partial charge in [0.25, 0.3) is 0 Å². The third-order valence-corrected chi connectivity index (χ3v) is 2.10. The Morgan fingerprint density at radius 3 is 2.36 bits per heavy atom. The summed E-state index contributed by atoms with van der Waals surface area (Å²) in [4.78, 5) is 11.4. The fourth-order valence-corrected chi connectivity index (χ4v) is 1.21. The van der Waals surface area contributed by atoms with Gasteiger partial charge in [0.15, 0.2) is 5.78 Å². The fraction of sp³-hybridized carbons (Fsp3) is 0.231. The quantitative estimate of drug-likeness (QED) is 0.402. The Morgan fingerprint density at radius 1 is 1.36 bits per heavy atom. The van der Waals surface area contributed by atoms with Crippen LogP contribution in [0.2, 0.25) is 0 Å². The maximum atomic E-state index is 11.4. The SMILES string of the molecule is C=C=CC(=O)c1ccc(C(C)C)cc1. The van der Waals surface area contributed by atoms with Crippen molar-refractivity contribution in [3.63, 3.8) is 0 Å². The van der Waals surface area contributed by atoms with Crippen molar-refractivity contribution in [2.24, 2.45) is 0 Å². The van der Waals surface area contributed by atoms with Crippen LogP contribution in [0.15, 0.2) is 42.7 Å². The average Bonchev–Trinajstić information content (AvgIpc) is 2.18.